The van der Waals surface area contributed by atoms with Crippen LogP contribution in [0.15, 0.2) is 0 Å². The molecule has 0 aliphatic carbocycles. The van der Waals surface area contributed by atoms with Gasteiger partial charge in [0, 0.05) is 12.1 Å². The Balaban J connectivity index is 2.66. The lowest BCUT2D eigenvalue weighted by Crippen LogP contribution is -2.47. The second-order valence-corrected chi connectivity index (χ2v) is 4.68. The number of carbonyl (C=O) groups excluding carboxylic acids is 1. The lowest BCUT2D eigenvalue weighted by Gasteiger charge is -2.35. The zero-order chi connectivity index (χ0) is 10.8. The second kappa shape index (κ2) is 4.30. The first kappa shape index (κ1) is 11.5. The van der Waals surface area contributed by atoms with Gasteiger partial charge in [-0.25, -0.2) is 0 Å². The Morgan fingerprint density at radius 2 is 2.21 bits per heavy atom. The Labute approximate surface area is 86.9 Å². The van der Waals surface area contributed by atoms with Crippen molar-refractivity contribution < 1.29 is 4.79 Å². The van der Waals surface area contributed by atoms with Crippen LogP contribution in [0.3, 0.4) is 0 Å². The number of rotatable bonds is 4. The highest BCUT2D eigenvalue weighted by molar-refractivity contribution is 5.84. The molecule has 0 spiro atoms. The van der Waals surface area contributed by atoms with Crippen molar-refractivity contribution in [2.45, 2.75) is 51.6 Å². The van der Waals surface area contributed by atoms with Gasteiger partial charge in [0.1, 0.15) is 0 Å². The fourth-order valence-corrected chi connectivity index (χ4v) is 2.30. The van der Waals surface area contributed by atoms with E-state index in [0.29, 0.717) is 0 Å². The molecule has 1 aliphatic heterocycles. The molecule has 3 nitrogen and oxygen atoms in total. The molecule has 1 unspecified atom stereocenters. The largest absolute Gasteiger partial charge is 0.336 e. The monoisotopic (exact) mass is 198 g/mol. The van der Waals surface area contributed by atoms with Crippen LogP contribution in [0.2, 0.25) is 0 Å². The number of nitrogens with zero attached hydrogens (tertiary/aromatic N) is 1. The topological polar surface area (TPSA) is 32.3 Å². The minimum atomic E-state index is 0.0252. The summed E-state index contributed by atoms with van der Waals surface area (Å²) in [5.41, 5.74) is 0.0252. The summed E-state index contributed by atoms with van der Waals surface area (Å²) < 4.78 is 0. The summed E-state index contributed by atoms with van der Waals surface area (Å²) in [6.45, 7) is 7.38. The van der Waals surface area contributed by atoms with Gasteiger partial charge in [-0.3, -0.25) is 4.79 Å². The maximum atomic E-state index is 11.9. The smallest absolute Gasteiger partial charge is 0.240 e. The predicted molar refractivity (Wildman–Crippen MR) is 58.2 cm³/mol. The van der Waals surface area contributed by atoms with E-state index in [-0.39, 0.29) is 17.5 Å². The quantitative estimate of drug-likeness (QED) is 0.740. The number of amides is 1. The summed E-state index contributed by atoms with van der Waals surface area (Å²) in [5.74, 6) is 0.269. The molecule has 1 rings (SSSR count). The van der Waals surface area contributed by atoms with E-state index in [0.717, 1.165) is 25.8 Å². The molecular formula is C11H22N2O. The van der Waals surface area contributed by atoms with Gasteiger partial charge < -0.3 is 10.2 Å². The first-order valence-corrected chi connectivity index (χ1v) is 5.51. The first-order chi connectivity index (χ1) is 6.53. The third-order valence-corrected chi connectivity index (χ3v) is 3.15. The van der Waals surface area contributed by atoms with Crippen molar-refractivity contribution in [2.24, 2.45) is 0 Å². The number of likely N-dealkylation sites (N-methyl/N-ethyl adjacent to an activating group) is 1. The van der Waals surface area contributed by atoms with Crippen LogP contribution in [0.25, 0.3) is 0 Å². The lowest BCUT2D eigenvalue weighted by atomic mass is 9.97. The molecule has 0 aromatic rings. The third-order valence-electron chi connectivity index (χ3n) is 3.15. The molecule has 14 heavy (non-hydrogen) atoms. The number of nitrogens with one attached hydrogen (secondary N) is 1. The Hall–Kier alpha value is -0.570. The Morgan fingerprint density at radius 3 is 2.64 bits per heavy atom. The van der Waals surface area contributed by atoms with Crippen LogP contribution >= 0.6 is 0 Å². The van der Waals surface area contributed by atoms with Gasteiger partial charge >= 0.3 is 0 Å². The molecule has 1 N–H and O–H groups in total. The zero-order valence-electron chi connectivity index (χ0n) is 9.76. The number of carbonyl (C=O) groups is 1. The highest BCUT2D eigenvalue weighted by Gasteiger charge is 2.38. The summed E-state index contributed by atoms with van der Waals surface area (Å²) in [6, 6.07) is 0.0473. The van der Waals surface area contributed by atoms with Crippen LogP contribution in [0.5, 0.6) is 0 Å². The Morgan fingerprint density at radius 1 is 1.57 bits per heavy atom. The summed E-state index contributed by atoms with van der Waals surface area (Å²) in [7, 11) is 1.86. The van der Waals surface area contributed by atoms with Crippen LogP contribution in [0, 0.1) is 0 Å². The Bertz CT molecular complexity index is 213. The molecule has 82 valence electrons. The predicted octanol–water partition coefficient (Wildman–Crippen LogP) is 1.39. The minimum Gasteiger partial charge on any atom is -0.336 e. The van der Waals surface area contributed by atoms with Crippen molar-refractivity contribution >= 4 is 5.91 Å². The highest BCUT2D eigenvalue weighted by Crippen LogP contribution is 2.26. The molecule has 0 aromatic heterocycles. The minimum absolute atomic E-state index is 0.0252. The van der Waals surface area contributed by atoms with E-state index in [1.807, 2.05) is 11.9 Å². The van der Waals surface area contributed by atoms with Gasteiger partial charge in [-0.05, 0) is 33.7 Å². The normalized spacial score (nSPS) is 23.3. The zero-order valence-corrected chi connectivity index (χ0v) is 9.76. The summed E-state index contributed by atoms with van der Waals surface area (Å²) in [5, 5.41) is 3.07. The van der Waals surface area contributed by atoms with Crippen molar-refractivity contribution in [3.63, 3.8) is 0 Å². The third kappa shape index (κ3) is 2.08. The van der Waals surface area contributed by atoms with Crippen LogP contribution in [-0.4, -0.2) is 36.0 Å². The van der Waals surface area contributed by atoms with Crippen molar-refractivity contribution in [3.05, 3.63) is 0 Å². The van der Waals surface area contributed by atoms with Crippen molar-refractivity contribution in [3.8, 4) is 0 Å². The molecule has 1 fully saturated rings. The van der Waals surface area contributed by atoms with Gasteiger partial charge in [0.05, 0.1) is 6.04 Å². The van der Waals surface area contributed by atoms with Crippen LogP contribution in [0.4, 0.5) is 0 Å². The molecule has 1 saturated heterocycles. The van der Waals surface area contributed by atoms with Gasteiger partial charge in [0.15, 0.2) is 0 Å². The first-order valence-electron chi connectivity index (χ1n) is 5.51. The Kier molecular flexibility index (Phi) is 3.53. The van der Waals surface area contributed by atoms with Gasteiger partial charge in [0.25, 0.3) is 0 Å². The number of hydrogen-bond acceptors (Lipinski definition) is 2. The molecule has 1 atom stereocenters. The van der Waals surface area contributed by atoms with E-state index in [1.54, 1.807) is 0 Å². The number of likely N-dealkylation sites (tertiary alicyclic amines) is 1. The van der Waals surface area contributed by atoms with Gasteiger partial charge in [0.2, 0.25) is 5.91 Å². The van der Waals surface area contributed by atoms with E-state index in [1.165, 1.54) is 0 Å². The number of hydrogen-bond donors (Lipinski definition) is 1. The van der Waals surface area contributed by atoms with Gasteiger partial charge in [-0.1, -0.05) is 13.3 Å². The maximum Gasteiger partial charge on any atom is 0.240 e. The molecule has 0 saturated carbocycles. The average Bonchev–Trinajstić information content (AvgIpc) is 2.47. The van der Waals surface area contributed by atoms with E-state index in [2.05, 4.69) is 26.1 Å². The molecule has 1 aliphatic rings. The SMILES string of the molecule is CCCC(C)(C)N1CCC(NC)C1=O. The van der Waals surface area contributed by atoms with Crippen molar-refractivity contribution in [1.82, 2.24) is 10.2 Å². The fraction of sp³-hybridized carbons (Fsp3) is 0.909. The summed E-state index contributed by atoms with van der Waals surface area (Å²) in [4.78, 5) is 13.9. The van der Waals surface area contributed by atoms with Crippen LogP contribution < -0.4 is 5.32 Å². The molecule has 1 heterocycles. The fourth-order valence-electron chi connectivity index (χ4n) is 2.30. The lowest BCUT2D eigenvalue weighted by molar-refractivity contribution is -0.134. The second-order valence-electron chi connectivity index (χ2n) is 4.68. The van der Waals surface area contributed by atoms with E-state index >= 15 is 0 Å². The maximum absolute atomic E-state index is 11.9. The van der Waals surface area contributed by atoms with Crippen molar-refractivity contribution in [2.75, 3.05) is 13.6 Å². The van der Waals surface area contributed by atoms with Crippen LogP contribution in [0.1, 0.15) is 40.0 Å². The average molecular weight is 198 g/mol. The van der Waals surface area contributed by atoms with Crippen molar-refractivity contribution in [1.29, 1.82) is 0 Å². The highest BCUT2D eigenvalue weighted by atomic mass is 16.2. The van der Waals surface area contributed by atoms with Gasteiger partial charge in [-0.15, -0.1) is 0 Å². The standard InChI is InChI=1S/C11H22N2O/c1-5-7-11(2,3)13-8-6-9(12-4)10(13)14/h9,12H,5-8H2,1-4H3. The van der Waals surface area contributed by atoms with E-state index in [4.69, 9.17) is 0 Å². The molecular weight excluding hydrogens is 176 g/mol. The molecule has 3 heteroatoms. The van der Waals surface area contributed by atoms with Gasteiger partial charge in [-0.2, -0.15) is 0 Å². The van der Waals surface area contributed by atoms with E-state index in [9.17, 15) is 4.79 Å². The molecule has 0 radical (unpaired) electrons. The summed E-state index contributed by atoms with van der Waals surface area (Å²) >= 11 is 0. The van der Waals surface area contributed by atoms with Crippen LogP contribution in [-0.2, 0) is 4.79 Å². The van der Waals surface area contributed by atoms with E-state index < -0.39 is 0 Å². The molecule has 0 aromatic carbocycles. The molecule has 1 amide bonds. The summed E-state index contributed by atoms with van der Waals surface area (Å²) in [6.07, 6.45) is 3.15. The molecule has 0 bridgehead atoms.